The lowest BCUT2D eigenvalue weighted by Gasteiger charge is -2.07. The molecule has 0 aromatic heterocycles. The minimum absolute atomic E-state index is 0.208. The molecule has 0 radical (unpaired) electrons. The van der Waals surface area contributed by atoms with Crippen LogP contribution in [0.25, 0.3) is 0 Å². The molecule has 17 heavy (non-hydrogen) atoms. The van der Waals surface area contributed by atoms with Gasteiger partial charge in [0, 0.05) is 12.6 Å². The minimum atomic E-state index is -0.386. The van der Waals surface area contributed by atoms with Crippen molar-refractivity contribution < 1.29 is 13.9 Å². The van der Waals surface area contributed by atoms with Gasteiger partial charge in [-0.25, -0.2) is 4.39 Å². The Morgan fingerprint density at radius 2 is 2.41 bits per heavy atom. The van der Waals surface area contributed by atoms with Crippen LogP contribution in [0.4, 0.5) is 4.39 Å². The maximum Gasteiger partial charge on any atom is 0.251 e. The summed E-state index contributed by atoms with van der Waals surface area (Å²) >= 11 is 0. The molecule has 3 nitrogen and oxygen atoms in total. The largest absolute Gasteiger partial charge is 0.494 e. The second kappa shape index (κ2) is 6.51. The SMILES string of the molecule is C=C=CC(=O)NCCc1cccc(OC)c1F. The molecule has 0 bridgehead atoms. The highest BCUT2D eigenvalue weighted by Crippen LogP contribution is 2.19. The Labute approximate surface area is 99.6 Å². The van der Waals surface area contributed by atoms with E-state index in [0.717, 1.165) is 0 Å². The lowest BCUT2D eigenvalue weighted by molar-refractivity contribution is -0.116. The van der Waals surface area contributed by atoms with E-state index in [1.165, 1.54) is 13.2 Å². The summed E-state index contributed by atoms with van der Waals surface area (Å²) in [6, 6.07) is 4.92. The van der Waals surface area contributed by atoms with Gasteiger partial charge in [0.25, 0.3) is 5.91 Å². The first kappa shape index (κ1) is 13.0. The standard InChI is InChI=1S/C13H14FNO2/c1-3-5-12(16)15-9-8-10-6-4-7-11(17-2)13(10)14/h4-7H,1,8-9H2,2H3,(H,15,16). The fourth-order valence-corrected chi connectivity index (χ4v) is 1.37. The van der Waals surface area contributed by atoms with Crippen molar-refractivity contribution in [2.45, 2.75) is 6.42 Å². The summed E-state index contributed by atoms with van der Waals surface area (Å²) in [5.74, 6) is -0.466. The second-order valence-corrected chi connectivity index (χ2v) is 3.32. The summed E-state index contributed by atoms with van der Waals surface area (Å²) in [5, 5.41) is 2.59. The van der Waals surface area contributed by atoms with Crippen molar-refractivity contribution in [3.05, 3.63) is 48.0 Å². The Morgan fingerprint density at radius 3 is 3.06 bits per heavy atom. The van der Waals surface area contributed by atoms with Crippen molar-refractivity contribution in [3.8, 4) is 5.75 Å². The fourth-order valence-electron chi connectivity index (χ4n) is 1.37. The topological polar surface area (TPSA) is 38.3 Å². The second-order valence-electron chi connectivity index (χ2n) is 3.32. The molecule has 4 heteroatoms. The van der Waals surface area contributed by atoms with Gasteiger partial charge in [0.05, 0.1) is 7.11 Å². The summed E-state index contributed by atoms with van der Waals surface area (Å²) in [4.78, 5) is 11.1. The van der Waals surface area contributed by atoms with Crippen molar-refractivity contribution in [1.29, 1.82) is 0 Å². The lowest BCUT2D eigenvalue weighted by atomic mass is 10.1. The maximum absolute atomic E-state index is 13.7. The van der Waals surface area contributed by atoms with E-state index in [2.05, 4.69) is 17.6 Å². The van der Waals surface area contributed by atoms with Crippen molar-refractivity contribution in [2.24, 2.45) is 0 Å². The smallest absolute Gasteiger partial charge is 0.251 e. The summed E-state index contributed by atoms with van der Waals surface area (Å²) in [6.07, 6.45) is 1.60. The number of carbonyl (C=O) groups is 1. The zero-order chi connectivity index (χ0) is 12.7. The van der Waals surface area contributed by atoms with Crippen LogP contribution in [0.5, 0.6) is 5.75 Å². The zero-order valence-electron chi connectivity index (χ0n) is 9.63. The molecule has 0 heterocycles. The Kier molecular flexibility index (Phi) is 4.98. The van der Waals surface area contributed by atoms with Crippen LogP contribution < -0.4 is 10.1 Å². The first-order chi connectivity index (χ1) is 8.19. The van der Waals surface area contributed by atoms with E-state index in [-0.39, 0.29) is 17.5 Å². The van der Waals surface area contributed by atoms with Gasteiger partial charge in [0.2, 0.25) is 0 Å². The number of rotatable bonds is 5. The number of nitrogens with one attached hydrogen (secondary N) is 1. The Morgan fingerprint density at radius 1 is 1.65 bits per heavy atom. The normalized spacial score (nSPS) is 9.29. The number of methoxy groups -OCH3 is 1. The maximum atomic E-state index is 13.7. The van der Waals surface area contributed by atoms with Gasteiger partial charge in [-0.05, 0) is 18.1 Å². The minimum Gasteiger partial charge on any atom is -0.494 e. The quantitative estimate of drug-likeness (QED) is 0.624. The Bertz CT molecular complexity index is 451. The third-order valence-corrected chi connectivity index (χ3v) is 2.19. The molecule has 1 aromatic rings. The molecule has 0 saturated heterocycles. The summed E-state index contributed by atoms with van der Waals surface area (Å²) in [5.41, 5.74) is 2.87. The first-order valence-corrected chi connectivity index (χ1v) is 5.14. The average molecular weight is 235 g/mol. The molecule has 0 unspecified atom stereocenters. The molecule has 90 valence electrons. The van der Waals surface area contributed by atoms with Gasteiger partial charge in [-0.15, -0.1) is 5.73 Å². The summed E-state index contributed by atoms with van der Waals surface area (Å²) in [7, 11) is 1.42. The van der Waals surface area contributed by atoms with Crippen LogP contribution in [0.3, 0.4) is 0 Å². The molecule has 0 atom stereocenters. The van der Waals surface area contributed by atoms with Gasteiger partial charge in [-0.1, -0.05) is 18.7 Å². The molecule has 0 fully saturated rings. The molecule has 1 amide bonds. The van der Waals surface area contributed by atoms with Crippen LogP contribution in [0.1, 0.15) is 5.56 Å². The van der Waals surface area contributed by atoms with Crippen LogP contribution in [0.2, 0.25) is 0 Å². The fraction of sp³-hybridized carbons (Fsp3) is 0.231. The van der Waals surface area contributed by atoms with Gasteiger partial charge in [-0.2, -0.15) is 0 Å². The molecule has 0 aliphatic rings. The number of carbonyl (C=O) groups excluding carboxylic acids is 1. The van der Waals surface area contributed by atoms with Gasteiger partial charge >= 0.3 is 0 Å². The molecule has 0 aliphatic carbocycles. The first-order valence-electron chi connectivity index (χ1n) is 5.14. The summed E-state index contributed by atoms with van der Waals surface area (Å²) in [6.45, 7) is 3.63. The van der Waals surface area contributed by atoms with E-state index in [1.807, 2.05) is 0 Å². The van der Waals surface area contributed by atoms with Crippen molar-refractivity contribution in [2.75, 3.05) is 13.7 Å². The number of benzene rings is 1. The van der Waals surface area contributed by atoms with Crippen LogP contribution in [0, 0.1) is 5.82 Å². The van der Waals surface area contributed by atoms with E-state index in [9.17, 15) is 9.18 Å². The molecule has 0 aliphatic heterocycles. The number of amides is 1. The molecule has 0 saturated carbocycles. The van der Waals surface area contributed by atoms with Crippen molar-refractivity contribution >= 4 is 5.91 Å². The number of ether oxygens (including phenoxy) is 1. The van der Waals surface area contributed by atoms with Crippen LogP contribution in [-0.2, 0) is 11.2 Å². The number of halogens is 1. The lowest BCUT2D eigenvalue weighted by Crippen LogP contribution is -2.23. The van der Waals surface area contributed by atoms with E-state index in [4.69, 9.17) is 4.74 Å². The third kappa shape index (κ3) is 3.78. The van der Waals surface area contributed by atoms with E-state index < -0.39 is 0 Å². The van der Waals surface area contributed by atoms with Crippen LogP contribution in [0.15, 0.2) is 36.6 Å². The van der Waals surface area contributed by atoms with Crippen LogP contribution in [-0.4, -0.2) is 19.6 Å². The Balaban J connectivity index is 2.58. The van der Waals surface area contributed by atoms with Gasteiger partial charge in [0.1, 0.15) is 0 Å². The van der Waals surface area contributed by atoms with E-state index in [1.54, 1.807) is 18.2 Å². The zero-order valence-corrected chi connectivity index (χ0v) is 9.63. The van der Waals surface area contributed by atoms with Gasteiger partial charge < -0.3 is 10.1 Å². The molecule has 0 spiro atoms. The van der Waals surface area contributed by atoms with Crippen molar-refractivity contribution in [1.82, 2.24) is 5.32 Å². The number of hydrogen-bond acceptors (Lipinski definition) is 2. The van der Waals surface area contributed by atoms with E-state index >= 15 is 0 Å². The van der Waals surface area contributed by atoms with Crippen LogP contribution >= 0.6 is 0 Å². The molecular weight excluding hydrogens is 221 g/mol. The van der Waals surface area contributed by atoms with Gasteiger partial charge in [0.15, 0.2) is 11.6 Å². The highest BCUT2D eigenvalue weighted by molar-refractivity contribution is 5.87. The average Bonchev–Trinajstić information content (AvgIpc) is 2.32. The molecule has 1 N–H and O–H groups in total. The third-order valence-electron chi connectivity index (χ3n) is 2.19. The van der Waals surface area contributed by atoms with E-state index in [0.29, 0.717) is 18.5 Å². The van der Waals surface area contributed by atoms with Gasteiger partial charge in [-0.3, -0.25) is 4.79 Å². The monoisotopic (exact) mass is 235 g/mol. The highest BCUT2D eigenvalue weighted by Gasteiger charge is 2.07. The molecule has 1 rings (SSSR count). The molecule has 1 aromatic carbocycles. The number of hydrogen-bond donors (Lipinski definition) is 1. The predicted octanol–water partition coefficient (Wildman–Crippen LogP) is 1.83. The predicted molar refractivity (Wildman–Crippen MR) is 63.4 cm³/mol. The summed E-state index contributed by atoms with van der Waals surface area (Å²) < 4.78 is 18.5. The van der Waals surface area contributed by atoms with Crippen molar-refractivity contribution in [3.63, 3.8) is 0 Å². The molecular formula is C13H14FNO2. The highest BCUT2D eigenvalue weighted by atomic mass is 19.1. The Hall–Kier alpha value is -2.06.